The van der Waals surface area contributed by atoms with E-state index < -0.39 is 0 Å². The number of benzene rings is 1. The molecular weight excluding hydrogens is 273 g/mol. The third-order valence-electron chi connectivity index (χ3n) is 3.24. The predicted octanol–water partition coefficient (Wildman–Crippen LogP) is 3.85. The molecule has 0 atom stereocenters. The van der Waals surface area contributed by atoms with Crippen LogP contribution in [0.2, 0.25) is 0 Å². The number of nitrogens with zero attached hydrogens (tertiary/aromatic N) is 2. The topological polar surface area (TPSA) is 43.8 Å². The van der Waals surface area contributed by atoms with Gasteiger partial charge in [-0.25, -0.2) is 4.39 Å². The Hall–Kier alpha value is -2.14. The summed E-state index contributed by atoms with van der Waals surface area (Å²) in [4.78, 5) is 0.991. The zero-order chi connectivity index (χ0) is 14.3. The quantitative estimate of drug-likeness (QED) is 0.778. The molecule has 102 valence electrons. The van der Waals surface area contributed by atoms with Crippen molar-refractivity contribution in [2.75, 3.05) is 5.73 Å². The highest BCUT2D eigenvalue weighted by molar-refractivity contribution is 7.13. The van der Waals surface area contributed by atoms with Crippen LogP contribution in [0, 0.1) is 12.7 Å². The van der Waals surface area contributed by atoms with Crippen molar-refractivity contribution in [2.24, 2.45) is 7.05 Å². The molecule has 1 aromatic carbocycles. The molecule has 3 rings (SSSR count). The first-order valence-corrected chi connectivity index (χ1v) is 7.08. The number of aromatic nitrogens is 2. The second-order valence-corrected chi connectivity index (χ2v) is 5.64. The Morgan fingerprint density at radius 2 is 2.10 bits per heavy atom. The van der Waals surface area contributed by atoms with Crippen molar-refractivity contribution in [3.8, 4) is 21.7 Å². The van der Waals surface area contributed by atoms with E-state index in [0.717, 1.165) is 16.0 Å². The van der Waals surface area contributed by atoms with Gasteiger partial charge in [0.1, 0.15) is 17.3 Å². The summed E-state index contributed by atoms with van der Waals surface area (Å²) in [6.45, 7) is 1.86. The van der Waals surface area contributed by atoms with E-state index in [0.29, 0.717) is 17.1 Å². The van der Waals surface area contributed by atoms with Crippen molar-refractivity contribution in [3.63, 3.8) is 0 Å². The van der Waals surface area contributed by atoms with Crippen LogP contribution >= 0.6 is 11.3 Å². The number of nitrogens with two attached hydrogens (primary N) is 1. The SMILES string of the molecule is Cc1ccc(-c2nn(C)c(N)c2-c2cccs2)c(F)c1. The Morgan fingerprint density at radius 3 is 2.75 bits per heavy atom. The standard InChI is InChI=1S/C15H14FN3S/c1-9-5-6-10(11(16)8-9)14-13(12-4-3-7-20-12)15(17)19(2)18-14/h3-8H,17H2,1-2H3. The molecule has 0 aliphatic carbocycles. The molecule has 2 aromatic heterocycles. The zero-order valence-electron chi connectivity index (χ0n) is 11.2. The molecule has 2 heterocycles. The predicted molar refractivity (Wildman–Crippen MR) is 81.1 cm³/mol. The van der Waals surface area contributed by atoms with Gasteiger partial charge < -0.3 is 5.73 Å². The first kappa shape index (κ1) is 12.9. The van der Waals surface area contributed by atoms with Crippen LogP contribution in [-0.2, 0) is 7.05 Å². The van der Waals surface area contributed by atoms with Gasteiger partial charge in [-0.3, -0.25) is 4.68 Å². The Labute approximate surface area is 120 Å². The third-order valence-corrected chi connectivity index (χ3v) is 4.13. The van der Waals surface area contributed by atoms with Gasteiger partial charge >= 0.3 is 0 Å². The molecule has 20 heavy (non-hydrogen) atoms. The molecule has 0 aliphatic rings. The van der Waals surface area contributed by atoms with E-state index in [1.54, 1.807) is 29.1 Å². The highest BCUT2D eigenvalue weighted by Crippen LogP contribution is 2.39. The van der Waals surface area contributed by atoms with E-state index in [1.807, 2.05) is 30.5 Å². The van der Waals surface area contributed by atoms with Gasteiger partial charge in [0, 0.05) is 17.5 Å². The summed E-state index contributed by atoms with van der Waals surface area (Å²) >= 11 is 1.57. The average molecular weight is 287 g/mol. The van der Waals surface area contributed by atoms with Gasteiger partial charge in [-0.2, -0.15) is 5.10 Å². The minimum absolute atomic E-state index is 0.277. The maximum Gasteiger partial charge on any atom is 0.132 e. The molecule has 0 saturated carbocycles. The highest BCUT2D eigenvalue weighted by Gasteiger charge is 2.20. The lowest BCUT2D eigenvalue weighted by Crippen LogP contribution is -1.97. The largest absolute Gasteiger partial charge is 0.383 e. The lowest BCUT2D eigenvalue weighted by molar-refractivity contribution is 0.629. The normalized spacial score (nSPS) is 10.9. The zero-order valence-corrected chi connectivity index (χ0v) is 12.0. The van der Waals surface area contributed by atoms with Crippen molar-refractivity contribution in [1.29, 1.82) is 0 Å². The van der Waals surface area contributed by atoms with Crippen molar-refractivity contribution < 1.29 is 4.39 Å². The summed E-state index contributed by atoms with van der Waals surface area (Å²) in [5, 5.41) is 6.35. The van der Waals surface area contributed by atoms with Gasteiger partial charge in [0.2, 0.25) is 0 Å². The van der Waals surface area contributed by atoms with E-state index in [1.165, 1.54) is 6.07 Å². The fourth-order valence-corrected chi connectivity index (χ4v) is 2.98. The van der Waals surface area contributed by atoms with Crippen LogP contribution in [0.1, 0.15) is 5.56 Å². The molecule has 3 aromatic rings. The Balaban J connectivity index is 2.27. The van der Waals surface area contributed by atoms with Gasteiger partial charge in [-0.1, -0.05) is 12.1 Å². The summed E-state index contributed by atoms with van der Waals surface area (Å²) in [5.74, 6) is 0.267. The Bertz CT molecular complexity index is 760. The summed E-state index contributed by atoms with van der Waals surface area (Å²) in [6, 6.07) is 9.05. The summed E-state index contributed by atoms with van der Waals surface area (Å²) in [7, 11) is 1.77. The number of aryl methyl sites for hydroxylation is 2. The second kappa shape index (κ2) is 4.76. The fourth-order valence-electron chi connectivity index (χ4n) is 2.20. The maximum absolute atomic E-state index is 14.2. The molecule has 0 spiro atoms. The van der Waals surface area contributed by atoms with Crippen molar-refractivity contribution in [3.05, 3.63) is 47.1 Å². The van der Waals surface area contributed by atoms with E-state index in [9.17, 15) is 4.39 Å². The lowest BCUT2D eigenvalue weighted by Gasteiger charge is -2.04. The van der Waals surface area contributed by atoms with Gasteiger partial charge in [-0.15, -0.1) is 11.3 Å². The molecule has 0 radical (unpaired) electrons. The minimum atomic E-state index is -0.277. The molecule has 5 heteroatoms. The fraction of sp³-hybridized carbons (Fsp3) is 0.133. The number of thiophene rings is 1. The molecule has 2 N–H and O–H groups in total. The molecule has 0 bridgehead atoms. The summed E-state index contributed by atoms with van der Waals surface area (Å²) < 4.78 is 15.8. The maximum atomic E-state index is 14.2. The second-order valence-electron chi connectivity index (χ2n) is 4.69. The van der Waals surface area contributed by atoms with Crippen molar-refractivity contribution in [1.82, 2.24) is 9.78 Å². The first-order valence-electron chi connectivity index (χ1n) is 6.21. The van der Waals surface area contributed by atoms with Crippen LogP contribution in [0.5, 0.6) is 0 Å². The van der Waals surface area contributed by atoms with E-state index in [4.69, 9.17) is 5.73 Å². The van der Waals surface area contributed by atoms with Gasteiger partial charge in [0.25, 0.3) is 0 Å². The van der Waals surface area contributed by atoms with Crippen LogP contribution in [-0.4, -0.2) is 9.78 Å². The first-order chi connectivity index (χ1) is 9.58. The monoisotopic (exact) mass is 287 g/mol. The number of anilines is 1. The van der Waals surface area contributed by atoms with Crippen molar-refractivity contribution in [2.45, 2.75) is 6.92 Å². The number of nitrogen functional groups attached to an aromatic ring is 1. The van der Waals surface area contributed by atoms with Gasteiger partial charge in [0.05, 0.1) is 5.56 Å². The number of hydrogen-bond acceptors (Lipinski definition) is 3. The molecule has 0 unspecified atom stereocenters. The van der Waals surface area contributed by atoms with E-state index in [-0.39, 0.29) is 5.82 Å². The Kier molecular flexibility index (Phi) is 3.06. The van der Waals surface area contributed by atoms with Crippen LogP contribution < -0.4 is 5.73 Å². The number of halogens is 1. The van der Waals surface area contributed by atoms with Crippen LogP contribution in [0.4, 0.5) is 10.2 Å². The molecule has 0 aliphatic heterocycles. The van der Waals surface area contributed by atoms with Crippen LogP contribution in [0.3, 0.4) is 0 Å². The van der Waals surface area contributed by atoms with E-state index >= 15 is 0 Å². The molecule has 0 fully saturated rings. The third kappa shape index (κ3) is 2.00. The summed E-state index contributed by atoms with van der Waals surface area (Å²) in [6.07, 6.45) is 0. The molecule has 0 amide bonds. The van der Waals surface area contributed by atoms with Gasteiger partial charge in [0.15, 0.2) is 0 Å². The summed E-state index contributed by atoms with van der Waals surface area (Å²) in [5.41, 5.74) is 8.84. The highest BCUT2D eigenvalue weighted by atomic mass is 32.1. The average Bonchev–Trinajstić information content (AvgIpc) is 2.99. The van der Waals surface area contributed by atoms with Crippen LogP contribution in [0.25, 0.3) is 21.7 Å². The molecule has 0 saturated heterocycles. The lowest BCUT2D eigenvalue weighted by atomic mass is 10.0. The number of rotatable bonds is 2. The van der Waals surface area contributed by atoms with Crippen LogP contribution in [0.15, 0.2) is 35.7 Å². The Morgan fingerprint density at radius 1 is 1.30 bits per heavy atom. The van der Waals surface area contributed by atoms with Gasteiger partial charge in [-0.05, 0) is 36.1 Å². The smallest absolute Gasteiger partial charge is 0.132 e. The number of hydrogen-bond donors (Lipinski definition) is 1. The van der Waals surface area contributed by atoms with Crippen molar-refractivity contribution >= 4 is 17.2 Å². The minimum Gasteiger partial charge on any atom is -0.383 e. The molecular formula is C15H14FN3S. The molecule has 3 nitrogen and oxygen atoms in total. The van der Waals surface area contributed by atoms with E-state index in [2.05, 4.69) is 5.10 Å².